The van der Waals surface area contributed by atoms with Crippen LogP contribution in [-0.4, -0.2) is 37.3 Å². The molecular formula is C42H41ClO6. The predicted molar refractivity (Wildman–Crippen MR) is 191 cm³/mol. The lowest BCUT2D eigenvalue weighted by molar-refractivity contribution is -0.259. The third-order valence-electron chi connectivity index (χ3n) is 8.59. The first-order valence-corrected chi connectivity index (χ1v) is 17.1. The van der Waals surface area contributed by atoms with Gasteiger partial charge in [0.05, 0.1) is 26.4 Å². The van der Waals surface area contributed by atoms with Crippen molar-refractivity contribution >= 4 is 17.9 Å². The first-order chi connectivity index (χ1) is 24.1. The van der Waals surface area contributed by atoms with E-state index in [-0.39, 0.29) is 6.61 Å². The van der Waals surface area contributed by atoms with Gasteiger partial charge < -0.3 is 28.5 Å². The third kappa shape index (κ3) is 9.24. The number of carbonyl (C=O) groups is 1. The van der Waals surface area contributed by atoms with E-state index in [9.17, 15) is 4.79 Å². The van der Waals surface area contributed by atoms with Gasteiger partial charge in [0.15, 0.2) is 6.29 Å². The second kappa shape index (κ2) is 17.4. The van der Waals surface area contributed by atoms with Crippen molar-refractivity contribution in [3.8, 4) is 5.75 Å². The minimum Gasteiger partial charge on any atom is -0.494 e. The van der Waals surface area contributed by atoms with Gasteiger partial charge in [-0.2, -0.15) is 0 Å². The zero-order chi connectivity index (χ0) is 33.8. The van der Waals surface area contributed by atoms with Crippen LogP contribution >= 0.6 is 11.6 Å². The Labute approximate surface area is 293 Å². The summed E-state index contributed by atoms with van der Waals surface area (Å²) in [6.07, 6.45) is -2.13. The van der Waals surface area contributed by atoms with Crippen molar-refractivity contribution < 1.29 is 28.5 Å². The summed E-state index contributed by atoms with van der Waals surface area (Å²) < 4.78 is 32.2. The zero-order valence-corrected chi connectivity index (χ0v) is 28.3. The summed E-state index contributed by atoms with van der Waals surface area (Å²) in [6, 6.07) is 43.7. The van der Waals surface area contributed by atoms with Gasteiger partial charge in [-0.3, -0.25) is 0 Å². The van der Waals surface area contributed by atoms with E-state index >= 15 is 0 Å². The fourth-order valence-corrected chi connectivity index (χ4v) is 6.29. The lowest BCUT2D eigenvalue weighted by Gasteiger charge is -2.45. The second-order valence-electron chi connectivity index (χ2n) is 12.0. The summed E-state index contributed by atoms with van der Waals surface area (Å²) in [5, 5.41) is 0.642. The van der Waals surface area contributed by atoms with E-state index in [0.717, 1.165) is 45.4 Å². The van der Waals surface area contributed by atoms with Gasteiger partial charge in [-0.15, -0.1) is 0 Å². The molecule has 1 aliphatic rings. The lowest BCUT2D eigenvalue weighted by Crippen LogP contribution is -2.57. The highest BCUT2D eigenvalue weighted by Gasteiger charge is 2.49. The van der Waals surface area contributed by atoms with E-state index in [1.165, 1.54) is 0 Å². The molecule has 1 fully saturated rings. The Morgan fingerprint density at radius 3 is 1.69 bits per heavy atom. The van der Waals surface area contributed by atoms with Crippen LogP contribution < -0.4 is 4.74 Å². The Hall–Kier alpha value is -4.30. The van der Waals surface area contributed by atoms with Gasteiger partial charge in [0.25, 0.3) is 0 Å². The maximum atomic E-state index is 12.8. The van der Waals surface area contributed by atoms with E-state index in [2.05, 4.69) is 0 Å². The van der Waals surface area contributed by atoms with Crippen molar-refractivity contribution in [1.82, 2.24) is 0 Å². The molecule has 1 aliphatic heterocycles. The summed E-state index contributed by atoms with van der Waals surface area (Å²) in [5.74, 6) is 0.825. The summed E-state index contributed by atoms with van der Waals surface area (Å²) >= 11 is 6.77. The van der Waals surface area contributed by atoms with Gasteiger partial charge in [0, 0.05) is 5.02 Å². The quantitative estimate of drug-likeness (QED) is 0.103. The van der Waals surface area contributed by atoms with E-state index in [1.807, 2.05) is 140 Å². The maximum absolute atomic E-state index is 12.8. The molecule has 0 unspecified atom stereocenters. The monoisotopic (exact) mass is 676 g/mol. The molecule has 5 aromatic carbocycles. The number of ether oxygens (including phenoxy) is 5. The maximum Gasteiger partial charge on any atom is 0.151 e. The molecule has 0 spiro atoms. The minimum atomic E-state index is -0.906. The van der Waals surface area contributed by atoms with Gasteiger partial charge in [-0.05, 0) is 64.9 Å². The van der Waals surface area contributed by atoms with E-state index in [0.29, 0.717) is 31.3 Å². The highest BCUT2D eigenvalue weighted by molar-refractivity contribution is 6.31. The Morgan fingerprint density at radius 1 is 0.633 bits per heavy atom. The normalized spacial score (nSPS) is 20.5. The van der Waals surface area contributed by atoms with Crippen LogP contribution in [0.4, 0.5) is 0 Å². The van der Waals surface area contributed by atoms with Crippen LogP contribution in [0.1, 0.15) is 46.4 Å². The van der Waals surface area contributed by atoms with Crippen molar-refractivity contribution in [3.05, 3.63) is 172 Å². The fourth-order valence-electron chi connectivity index (χ4n) is 6.11. The molecule has 49 heavy (non-hydrogen) atoms. The molecule has 1 heterocycles. The first kappa shape index (κ1) is 34.6. The van der Waals surface area contributed by atoms with Crippen molar-refractivity contribution in [2.75, 3.05) is 6.61 Å². The SMILES string of the molecule is CCOc1ccc(Cc2cc([C@@H]3O[C@H](C=O)[C@@H](OCc4ccccc4)[C@H](OCc4ccccc4)[C@H]3OCc3ccccc3)ccc2Cl)cc1. The molecule has 7 heteroatoms. The molecule has 1 saturated heterocycles. The van der Waals surface area contributed by atoms with Gasteiger partial charge in [-0.1, -0.05) is 127 Å². The Balaban J connectivity index is 1.34. The highest BCUT2D eigenvalue weighted by Crippen LogP contribution is 2.39. The van der Waals surface area contributed by atoms with Crippen molar-refractivity contribution in [2.45, 2.75) is 63.7 Å². The fraction of sp³-hybridized carbons (Fsp3) is 0.262. The molecule has 0 radical (unpaired) electrons. The number of carbonyl (C=O) groups excluding carboxylic acids is 1. The van der Waals surface area contributed by atoms with Crippen LogP contribution in [0.15, 0.2) is 133 Å². The number of halogens is 1. The molecule has 6 nitrogen and oxygen atoms in total. The topological polar surface area (TPSA) is 63.2 Å². The number of benzene rings is 5. The molecule has 0 bridgehead atoms. The molecule has 252 valence electrons. The van der Waals surface area contributed by atoms with Crippen molar-refractivity contribution in [3.63, 3.8) is 0 Å². The average Bonchev–Trinajstić information content (AvgIpc) is 3.15. The third-order valence-corrected chi connectivity index (χ3v) is 8.96. The number of aldehydes is 1. The molecule has 5 aromatic rings. The first-order valence-electron chi connectivity index (χ1n) is 16.7. The van der Waals surface area contributed by atoms with Crippen LogP contribution in [0.3, 0.4) is 0 Å². The molecule has 0 amide bonds. The Morgan fingerprint density at radius 2 is 1.16 bits per heavy atom. The van der Waals surface area contributed by atoms with Crippen molar-refractivity contribution in [1.29, 1.82) is 0 Å². The standard InChI is InChI=1S/C42H41ClO6/c1-2-45-36-21-18-30(19-22-36)24-35-25-34(20-23-37(35)43)39-41(47-28-32-14-8-4-9-15-32)42(48-29-33-16-10-5-11-17-33)40(38(26-44)49-39)46-27-31-12-6-3-7-13-31/h3-23,25-26,38-42H,2,24,27-29H2,1H3/t38-,39+,40-,41+,42+/m1/s1. The van der Waals surface area contributed by atoms with Crippen LogP contribution in [-0.2, 0) is 50.0 Å². The largest absolute Gasteiger partial charge is 0.494 e. The number of rotatable bonds is 15. The van der Waals surface area contributed by atoms with Crippen LogP contribution in [0.25, 0.3) is 0 Å². The zero-order valence-electron chi connectivity index (χ0n) is 27.5. The number of hydrogen-bond donors (Lipinski definition) is 0. The van der Waals surface area contributed by atoms with Gasteiger partial charge in [0.2, 0.25) is 0 Å². The van der Waals surface area contributed by atoms with Crippen LogP contribution in [0.5, 0.6) is 5.75 Å². The smallest absolute Gasteiger partial charge is 0.151 e. The second-order valence-corrected chi connectivity index (χ2v) is 12.5. The molecule has 0 aromatic heterocycles. The summed E-state index contributed by atoms with van der Waals surface area (Å²) in [7, 11) is 0. The lowest BCUT2D eigenvalue weighted by atomic mass is 9.89. The van der Waals surface area contributed by atoms with E-state index in [4.69, 9.17) is 35.3 Å². The molecule has 0 aliphatic carbocycles. The van der Waals surface area contributed by atoms with E-state index < -0.39 is 30.5 Å². The van der Waals surface area contributed by atoms with Gasteiger partial charge in [0.1, 0.15) is 36.3 Å². The van der Waals surface area contributed by atoms with Gasteiger partial charge in [-0.25, -0.2) is 0 Å². The Bertz CT molecular complexity index is 1730. The molecule has 0 N–H and O–H groups in total. The molecule has 0 saturated carbocycles. The van der Waals surface area contributed by atoms with Crippen LogP contribution in [0.2, 0.25) is 5.02 Å². The summed E-state index contributed by atoms with van der Waals surface area (Å²) in [5.41, 5.74) is 5.85. The van der Waals surface area contributed by atoms with Crippen molar-refractivity contribution in [2.24, 2.45) is 0 Å². The van der Waals surface area contributed by atoms with E-state index in [1.54, 1.807) is 0 Å². The summed E-state index contributed by atoms with van der Waals surface area (Å²) in [4.78, 5) is 12.8. The summed E-state index contributed by atoms with van der Waals surface area (Å²) in [6.45, 7) is 3.49. The highest BCUT2D eigenvalue weighted by atomic mass is 35.5. The Kier molecular flexibility index (Phi) is 12.3. The van der Waals surface area contributed by atoms with Crippen LogP contribution in [0, 0.1) is 0 Å². The average molecular weight is 677 g/mol. The minimum absolute atomic E-state index is 0.285. The number of hydrogen-bond acceptors (Lipinski definition) is 6. The molecule has 5 atom stereocenters. The van der Waals surface area contributed by atoms with Gasteiger partial charge >= 0.3 is 0 Å². The molecule has 6 rings (SSSR count). The molecular weight excluding hydrogens is 636 g/mol. The predicted octanol–water partition coefficient (Wildman–Crippen LogP) is 8.72.